The molecule has 0 nitrogen and oxygen atoms in total. The molecule has 3 aromatic rings. The van der Waals surface area contributed by atoms with Crippen LogP contribution in [0.2, 0.25) is 0 Å². The molecule has 0 radical (unpaired) electrons. The van der Waals surface area contributed by atoms with Gasteiger partial charge in [0.15, 0.2) is 0 Å². The van der Waals surface area contributed by atoms with E-state index in [9.17, 15) is 0 Å². The van der Waals surface area contributed by atoms with E-state index in [1.165, 1.54) is 22.3 Å². The molecular weight excluding hydrogens is 442 g/mol. The van der Waals surface area contributed by atoms with Crippen LogP contribution in [-0.4, -0.2) is 0 Å². The Labute approximate surface area is 201 Å². The fourth-order valence-corrected chi connectivity index (χ4v) is 3.74. The Morgan fingerprint density at radius 2 is 0.929 bits per heavy atom. The van der Waals surface area contributed by atoms with Crippen LogP contribution in [0.5, 0.6) is 0 Å². The molecule has 0 heterocycles. The van der Waals surface area contributed by atoms with Gasteiger partial charge in [0, 0.05) is 5.41 Å². The summed E-state index contributed by atoms with van der Waals surface area (Å²) in [7, 11) is 0. The Morgan fingerprint density at radius 3 is 1.21 bits per heavy atom. The first-order chi connectivity index (χ1) is 11.9. The molecule has 0 unspecified atom stereocenters. The summed E-state index contributed by atoms with van der Waals surface area (Å²) in [6.07, 6.45) is 8.71. The van der Waals surface area contributed by atoms with Gasteiger partial charge in [0.25, 0.3) is 0 Å². The van der Waals surface area contributed by atoms with E-state index in [2.05, 4.69) is 109 Å². The van der Waals surface area contributed by atoms with Crippen LogP contribution < -0.4 is 37.2 Å². The van der Waals surface area contributed by atoms with Crippen LogP contribution in [-0.2, 0) is 27.1 Å². The summed E-state index contributed by atoms with van der Waals surface area (Å²) >= 11 is 0. The van der Waals surface area contributed by atoms with Gasteiger partial charge in [-0.3, -0.25) is 6.08 Å². The van der Waals surface area contributed by atoms with Crippen molar-refractivity contribution in [1.82, 2.24) is 0 Å². The van der Waals surface area contributed by atoms with Gasteiger partial charge in [-0.15, -0.1) is 0 Å². The minimum atomic E-state index is -0.298. The molecule has 4 heteroatoms. The minimum absolute atomic E-state index is 0. The third-order valence-corrected chi connectivity index (χ3v) is 4.77. The zero-order chi connectivity index (χ0) is 16.2. The summed E-state index contributed by atoms with van der Waals surface area (Å²) in [5, 5.41) is 0. The van der Waals surface area contributed by atoms with E-state index in [4.69, 9.17) is 0 Å². The Balaban J connectivity index is 0.00000182. The van der Waals surface area contributed by atoms with Crippen molar-refractivity contribution < 1.29 is 58.9 Å². The molecule has 28 heavy (non-hydrogen) atoms. The molecule has 140 valence electrons. The van der Waals surface area contributed by atoms with Crippen LogP contribution in [0, 0.1) is 6.08 Å². The molecule has 3 aromatic carbocycles. The van der Waals surface area contributed by atoms with Gasteiger partial charge in [-0.25, -0.2) is 12.2 Å². The van der Waals surface area contributed by atoms with Crippen LogP contribution in [0.25, 0.3) is 0 Å². The van der Waals surface area contributed by atoms with Crippen molar-refractivity contribution in [2.45, 2.75) is 11.8 Å². The smallest absolute Gasteiger partial charge is 1.00 e. The van der Waals surface area contributed by atoms with E-state index in [0.717, 1.165) is 6.42 Å². The van der Waals surface area contributed by atoms with E-state index in [1.54, 1.807) is 0 Å². The van der Waals surface area contributed by atoms with Crippen LogP contribution in [0.4, 0.5) is 0 Å². The second kappa shape index (κ2) is 12.3. The number of hydrogen-bond acceptors (Lipinski definition) is 0. The van der Waals surface area contributed by atoms with Crippen LogP contribution in [0.3, 0.4) is 0 Å². The molecule has 0 bridgehead atoms. The first-order valence-corrected chi connectivity index (χ1v) is 8.37. The van der Waals surface area contributed by atoms with Gasteiger partial charge in [0.2, 0.25) is 0 Å². The third kappa shape index (κ3) is 4.82. The molecule has 4 rings (SSSR count). The Morgan fingerprint density at radius 1 is 0.571 bits per heavy atom. The van der Waals surface area contributed by atoms with Crippen molar-refractivity contribution in [3.05, 3.63) is 131 Å². The quantitative estimate of drug-likeness (QED) is 0.217. The summed E-state index contributed by atoms with van der Waals surface area (Å²) < 4.78 is 0. The first-order valence-electron chi connectivity index (χ1n) is 8.37. The molecule has 0 N–H and O–H groups in total. The maximum absolute atomic E-state index is 3.53. The normalized spacial score (nSPS) is 11.8. The molecule has 0 fully saturated rings. The first kappa shape index (κ1) is 26.7. The number of hydrogen-bond donors (Lipinski definition) is 0. The molecule has 0 aromatic heterocycles. The molecule has 0 saturated heterocycles. The van der Waals surface area contributed by atoms with E-state index < -0.39 is 0 Å². The Kier molecular flexibility index (Phi) is 11.8. The van der Waals surface area contributed by atoms with E-state index >= 15 is 0 Å². The van der Waals surface area contributed by atoms with Crippen molar-refractivity contribution in [3.63, 3.8) is 0 Å². The predicted octanol–water partition coefficient (Wildman–Crippen LogP) is -3.28. The fourth-order valence-electron chi connectivity index (χ4n) is 3.74. The van der Waals surface area contributed by atoms with Gasteiger partial charge in [-0.05, 0) is 16.7 Å². The second-order valence-corrected chi connectivity index (χ2v) is 6.08. The van der Waals surface area contributed by atoms with Crippen molar-refractivity contribution >= 4 is 0 Å². The van der Waals surface area contributed by atoms with Crippen molar-refractivity contribution in [2.24, 2.45) is 0 Å². The molecular formula is C24H19Cl3Ti. The van der Waals surface area contributed by atoms with E-state index in [-0.39, 0.29) is 64.4 Å². The average molecular weight is 462 g/mol. The predicted molar refractivity (Wildman–Crippen MR) is 99.7 cm³/mol. The van der Waals surface area contributed by atoms with Crippen molar-refractivity contribution in [1.29, 1.82) is 0 Å². The SMILES string of the molecule is [C-]1=C(C(c2ccccc2)(c2ccccc2)c2ccccc2)CC=C1.[Cl-].[Cl-].[Cl-].[Ti+4]. The van der Waals surface area contributed by atoms with Crippen molar-refractivity contribution in [3.8, 4) is 0 Å². The van der Waals surface area contributed by atoms with Gasteiger partial charge in [0.1, 0.15) is 0 Å². The van der Waals surface area contributed by atoms with E-state index in [1.807, 2.05) is 0 Å². The minimum Gasteiger partial charge on any atom is -1.00 e. The van der Waals surface area contributed by atoms with Gasteiger partial charge < -0.3 is 37.2 Å². The average Bonchev–Trinajstić information content (AvgIpc) is 3.20. The molecule has 0 saturated carbocycles. The van der Waals surface area contributed by atoms with Gasteiger partial charge in [-0.2, -0.15) is 5.57 Å². The Hall–Kier alpha value is -1.28. The summed E-state index contributed by atoms with van der Waals surface area (Å²) in [6.45, 7) is 0. The molecule has 0 aliphatic heterocycles. The summed E-state index contributed by atoms with van der Waals surface area (Å²) in [5.41, 5.74) is 4.86. The van der Waals surface area contributed by atoms with Gasteiger partial charge in [-0.1, -0.05) is 97.4 Å². The summed E-state index contributed by atoms with van der Waals surface area (Å²) in [4.78, 5) is 0. The van der Waals surface area contributed by atoms with Crippen LogP contribution >= 0.6 is 0 Å². The topological polar surface area (TPSA) is 0 Å². The molecule has 0 atom stereocenters. The fraction of sp³-hybridized carbons (Fsp3) is 0.0833. The maximum Gasteiger partial charge on any atom is 4.00 e. The molecule has 1 aliphatic carbocycles. The monoisotopic (exact) mass is 460 g/mol. The standard InChI is InChI=1S/C24H19.3ClH.Ti/c1-4-12-20(13-5-1)24(23-18-10-11-19-23,21-14-6-2-7-15-21)22-16-8-3-9-17-22;;;;/h1-17H,18H2;3*1H;/q-1;;;;+4/p-3. The Bertz CT molecular complexity index is 779. The number of halogens is 3. The van der Waals surface area contributed by atoms with Gasteiger partial charge >= 0.3 is 21.7 Å². The maximum atomic E-state index is 3.53. The molecule has 0 spiro atoms. The van der Waals surface area contributed by atoms with Crippen LogP contribution in [0.1, 0.15) is 23.1 Å². The molecule has 1 aliphatic rings. The third-order valence-electron chi connectivity index (χ3n) is 4.77. The van der Waals surface area contributed by atoms with Gasteiger partial charge in [0.05, 0.1) is 0 Å². The van der Waals surface area contributed by atoms with E-state index in [0.29, 0.717) is 0 Å². The zero-order valence-corrected chi connectivity index (χ0v) is 19.0. The molecule has 0 amide bonds. The second-order valence-electron chi connectivity index (χ2n) is 6.08. The number of rotatable bonds is 4. The largest absolute Gasteiger partial charge is 4.00 e. The summed E-state index contributed by atoms with van der Waals surface area (Å²) in [5.74, 6) is 0. The number of benzene rings is 3. The summed E-state index contributed by atoms with van der Waals surface area (Å²) in [6, 6.07) is 32.4. The van der Waals surface area contributed by atoms with Crippen LogP contribution in [0.15, 0.2) is 109 Å². The number of allylic oxidation sites excluding steroid dienone is 4. The van der Waals surface area contributed by atoms with Crippen molar-refractivity contribution in [2.75, 3.05) is 0 Å². The zero-order valence-electron chi connectivity index (χ0n) is 15.2.